The molecule has 15 heteroatoms. The number of aliphatic hydroxyl groups excluding tert-OH is 2. The molecule has 42 heavy (non-hydrogen) atoms. The molecule has 0 spiro atoms. The fourth-order valence-electron chi connectivity index (χ4n) is 4.67. The van der Waals surface area contributed by atoms with Gasteiger partial charge >= 0.3 is 0 Å². The Bertz CT molecular complexity index is 1190. The number of aromatic nitrogens is 3. The third kappa shape index (κ3) is 10.5. The number of fused-ring (bicyclic) bond motifs is 1. The van der Waals surface area contributed by atoms with Gasteiger partial charge in [0.25, 0.3) is 5.56 Å². The number of nitrogen functional groups attached to an aromatic ring is 1. The van der Waals surface area contributed by atoms with E-state index in [0.29, 0.717) is 50.8 Å². The normalized spacial score (nSPS) is 18.5. The van der Waals surface area contributed by atoms with Gasteiger partial charge in [-0.25, -0.2) is 0 Å². The van der Waals surface area contributed by atoms with Crippen molar-refractivity contribution in [1.29, 1.82) is 0 Å². The van der Waals surface area contributed by atoms with Gasteiger partial charge in [0.15, 0.2) is 5.65 Å². The number of unbranched alkanes of at least 4 members (excludes halogenated alkanes) is 3. The molecular formula is C27H43ClN6O8. The number of hydrogen-bond donors (Lipinski definition) is 6. The van der Waals surface area contributed by atoms with Gasteiger partial charge in [-0.3, -0.25) is 19.4 Å². The number of alkyl halides is 1. The number of hydrogen-bond acceptors (Lipinski definition) is 10. The summed E-state index contributed by atoms with van der Waals surface area (Å²) in [5.74, 6) is 0.169. The third-order valence-corrected chi connectivity index (χ3v) is 7.14. The number of H-pyrrole nitrogens is 1. The van der Waals surface area contributed by atoms with Gasteiger partial charge in [-0.2, -0.15) is 4.98 Å². The summed E-state index contributed by atoms with van der Waals surface area (Å²) in [6.07, 6.45) is 4.45. The van der Waals surface area contributed by atoms with Gasteiger partial charge in [-0.05, 0) is 19.3 Å². The lowest BCUT2D eigenvalue weighted by atomic mass is 10.2. The molecule has 3 rings (SSSR count). The van der Waals surface area contributed by atoms with Crippen molar-refractivity contribution in [2.45, 2.75) is 76.3 Å². The molecule has 14 nitrogen and oxygen atoms in total. The van der Waals surface area contributed by atoms with E-state index in [1.807, 2.05) is 0 Å². The van der Waals surface area contributed by atoms with Crippen molar-refractivity contribution in [3.63, 3.8) is 0 Å². The molecule has 0 saturated carbocycles. The van der Waals surface area contributed by atoms with Gasteiger partial charge in [-0.1, -0.05) is 12.8 Å². The smallest absolute Gasteiger partial charge is 0.262 e. The van der Waals surface area contributed by atoms with Gasteiger partial charge in [0.05, 0.1) is 37.9 Å². The van der Waals surface area contributed by atoms with Crippen LogP contribution in [0.1, 0.15) is 63.2 Å². The maximum atomic E-state index is 12.7. The minimum Gasteiger partial charge on any atom is -0.394 e. The minimum atomic E-state index is -0.879. The first-order valence-electron chi connectivity index (χ1n) is 14.4. The zero-order valence-electron chi connectivity index (χ0n) is 23.8. The van der Waals surface area contributed by atoms with Crippen molar-refractivity contribution < 1.29 is 34.0 Å². The minimum absolute atomic E-state index is 0.0387. The van der Waals surface area contributed by atoms with Crippen LogP contribution in [-0.4, -0.2) is 94.2 Å². The molecule has 1 aliphatic rings. The van der Waals surface area contributed by atoms with E-state index in [1.54, 1.807) is 10.8 Å². The Morgan fingerprint density at radius 1 is 1.10 bits per heavy atom. The second-order valence-corrected chi connectivity index (χ2v) is 10.5. The topological polar surface area (TPSA) is 203 Å². The summed E-state index contributed by atoms with van der Waals surface area (Å²) < 4.78 is 18.2. The van der Waals surface area contributed by atoms with Gasteiger partial charge < -0.3 is 45.4 Å². The van der Waals surface area contributed by atoms with Crippen LogP contribution in [0.2, 0.25) is 0 Å². The van der Waals surface area contributed by atoms with Crippen molar-refractivity contribution in [2.24, 2.45) is 0 Å². The molecule has 3 heterocycles. The summed E-state index contributed by atoms with van der Waals surface area (Å²) >= 11 is 5.64. The Kier molecular flexibility index (Phi) is 14.5. The molecule has 2 aromatic rings. The molecular weight excluding hydrogens is 572 g/mol. The van der Waals surface area contributed by atoms with Crippen molar-refractivity contribution in [1.82, 2.24) is 25.2 Å². The molecule has 2 aromatic heterocycles. The van der Waals surface area contributed by atoms with Crippen molar-refractivity contribution in [3.05, 3.63) is 22.1 Å². The molecule has 1 fully saturated rings. The standard InChI is InChI=1S/C27H43ClN6O8/c28-8-3-1-2-4-10-40-12-13-41-11-9-30-21(37)6-5-7-22(38)31-15-18-16-34(23-14-19(36)20(17-35)42-23)25-24(18)26(39)33-27(29)32-25/h16,19-20,23,35-36H,1-15,17H2,(H,30,37)(H,31,38)(H3,29,32,33,39)/t19?,20-,23-/m1/s1. The van der Waals surface area contributed by atoms with E-state index >= 15 is 0 Å². The van der Waals surface area contributed by atoms with Crippen LogP contribution in [0.3, 0.4) is 0 Å². The first kappa shape index (κ1) is 33.7. The molecule has 1 aliphatic heterocycles. The highest BCUT2D eigenvalue weighted by Crippen LogP contribution is 2.32. The summed E-state index contributed by atoms with van der Waals surface area (Å²) in [7, 11) is 0. The van der Waals surface area contributed by atoms with Crippen LogP contribution in [0, 0.1) is 0 Å². The van der Waals surface area contributed by atoms with Crippen LogP contribution in [0.15, 0.2) is 11.0 Å². The number of aliphatic hydroxyl groups is 2. The van der Waals surface area contributed by atoms with Crippen LogP contribution in [0.25, 0.3) is 11.0 Å². The number of nitrogens with one attached hydrogen (secondary N) is 3. The zero-order chi connectivity index (χ0) is 30.3. The number of nitrogens with zero attached hydrogens (tertiary/aromatic N) is 2. The average molecular weight is 615 g/mol. The molecule has 1 unspecified atom stereocenters. The van der Waals surface area contributed by atoms with Crippen LogP contribution < -0.4 is 21.9 Å². The second-order valence-electron chi connectivity index (χ2n) is 10.1. The fourth-order valence-corrected chi connectivity index (χ4v) is 4.86. The predicted molar refractivity (Wildman–Crippen MR) is 156 cm³/mol. The Balaban J connectivity index is 1.34. The monoisotopic (exact) mass is 614 g/mol. The maximum absolute atomic E-state index is 12.7. The molecule has 0 radical (unpaired) electrons. The molecule has 3 atom stereocenters. The Hall–Kier alpha value is -2.75. The Morgan fingerprint density at radius 3 is 2.52 bits per heavy atom. The van der Waals surface area contributed by atoms with E-state index < -0.39 is 24.0 Å². The lowest BCUT2D eigenvalue weighted by molar-refractivity contribution is -0.122. The van der Waals surface area contributed by atoms with E-state index in [4.69, 9.17) is 31.5 Å². The number of carbonyl (C=O) groups is 2. The van der Waals surface area contributed by atoms with E-state index in [0.717, 1.165) is 25.7 Å². The fraction of sp³-hybridized carbons (Fsp3) is 0.704. The maximum Gasteiger partial charge on any atom is 0.262 e. The highest BCUT2D eigenvalue weighted by Gasteiger charge is 2.35. The van der Waals surface area contributed by atoms with E-state index in [1.165, 1.54) is 0 Å². The Labute approximate surface area is 249 Å². The summed E-state index contributed by atoms with van der Waals surface area (Å²) in [6, 6.07) is 0. The van der Waals surface area contributed by atoms with E-state index in [2.05, 4.69) is 20.6 Å². The molecule has 236 valence electrons. The lowest BCUT2D eigenvalue weighted by Crippen LogP contribution is -2.28. The number of carbonyl (C=O) groups excluding carboxylic acids is 2. The number of nitrogens with two attached hydrogens (primary N) is 1. The summed E-state index contributed by atoms with van der Waals surface area (Å²) in [4.78, 5) is 43.8. The van der Waals surface area contributed by atoms with Crippen LogP contribution in [-0.2, 0) is 30.3 Å². The summed E-state index contributed by atoms with van der Waals surface area (Å²) in [6.45, 7) is 2.12. The number of anilines is 1. The van der Waals surface area contributed by atoms with Crippen LogP contribution in [0.4, 0.5) is 5.95 Å². The van der Waals surface area contributed by atoms with E-state index in [-0.39, 0.29) is 61.2 Å². The molecule has 0 aliphatic carbocycles. The van der Waals surface area contributed by atoms with Crippen molar-refractivity contribution in [2.75, 3.05) is 51.2 Å². The van der Waals surface area contributed by atoms with Crippen molar-refractivity contribution in [3.8, 4) is 0 Å². The van der Waals surface area contributed by atoms with Gasteiger partial charge in [-0.15, -0.1) is 11.6 Å². The van der Waals surface area contributed by atoms with E-state index in [9.17, 15) is 24.6 Å². The largest absolute Gasteiger partial charge is 0.394 e. The number of aromatic amines is 1. The third-order valence-electron chi connectivity index (χ3n) is 6.87. The SMILES string of the molecule is Nc1nc2c(c(CNC(=O)CCCC(=O)NCCOCCOCCCCCCCl)cn2[C@H]2CC(O)[C@@H](CO)O2)c(=O)[nH]1. The number of ether oxygens (including phenoxy) is 3. The zero-order valence-corrected chi connectivity index (χ0v) is 24.6. The highest BCUT2D eigenvalue weighted by atomic mass is 35.5. The molecule has 7 N–H and O–H groups in total. The first-order valence-corrected chi connectivity index (χ1v) is 15.0. The molecule has 2 amide bonds. The first-order chi connectivity index (χ1) is 20.3. The number of amides is 2. The van der Waals surface area contributed by atoms with Gasteiger partial charge in [0.2, 0.25) is 17.8 Å². The van der Waals surface area contributed by atoms with Gasteiger partial charge in [0, 0.05) is 56.6 Å². The highest BCUT2D eigenvalue weighted by molar-refractivity contribution is 6.17. The lowest BCUT2D eigenvalue weighted by Gasteiger charge is -2.14. The average Bonchev–Trinajstić information content (AvgIpc) is 3.52. The van der Waals surface area contributed by atoms with Crippen LogP contribution in [0.5, 0.6) is 0 Å². The van der Waals surface area contributed by atoms with Crippen LogP contribution >= 0.6 is 11.6 Å². The summed E-state index contributed by atoms with van der Waals surface area (Å²) in [5.41, 5.74) is 6.00. The molecule has 1 saturated heterocycles. The predicted octanol–water partition coefficient (Wildman–Crippen LogP) is 0.683. The van der Waals surface area contributed by atoms with Gasteiger partial charge in [0.1, 0.15) is 12.3 Å². The second kappa shape index (κ2) is 18.0. The number of rotatable bonds is 20. The molecule has 0 bridgehead atoms. The summed E-state index contributed by atoms with van der Waals surface area (Å²) in [5, 5.41) is 25.3. The Morgan fingerprint density at radius 2 is 1.81 bits per heavy atom. The number of halogens is 1. The quantitative estimate of drug-likeness (QED) is 0.0909. The van der Waals surface area contributed by atoms with Crippen molar-refractivity contribution >= 4 is 40.4 Å². The molecule has 0 aromatic carbocycles.